The molecule has 3 aromatic carbocycles. The fraction of sp³-hybridized carbons (Fsp3) is 0.259. The lowest BCUT2D eigenvalue weighted by atomic mass is 10.0. The van der Waals surface area contributed by atoms with Gasteiger partial charge in [-0.15, -0.1) is 0 Å². The minimum Gasteiger partial charge on any atom is -0.396 e. The molecule has 5 nitrogen and oxygen atoms in total. The maximum absolute atomic E-state index is 13.5. The first-order chi connectivity index (χ1) is 16.5. The number of aliphatic hydroxyl groups excluding tert-OH is 1. The molecule has 0 heterocycles. The summed E-state index contributed by atoms with van der Waals surface area (Å²) in [5.41, 5.74) is 2.40. The van der Waals surface area contributed by atoms with E-state index in [2.05, 4.69) is 5.32 Å². The molecular formula is C27H28ClFN2O3. The summed E-state index contributed by atoms with van der Waals surface area (Å²) in [4.78, 5) is 28.3. The number of halogens is 2. The molecule has 0 aliphatic rings. The quantitative estimate of drug-likeness (QED) is 0.403. The van der Waals surface area contributed by atoms with E-state index < -0.39 is 6.04 Å². The zero-order valence-electron chi connectivity index (χ0n) is 18.8. The van der Waals surface area contributed by atoms with Gasteiger partial charge in [-0.1, -0.05) is 66.2 Å². The van der Waals surface area contributed by atoms with Crippen molar-refractivity contribution in [3.05, 3.63) is 106 Å². The first-order valence-electron chi connectivity index (χ1n) is 11.2. The largest absolute Gasteiger partial charge is 0.396 e. The highest BCUT2D eigenvalue weighted by Gasteiger charge is 2.30. The second-order valence-electron chi connectivity index (χ2n) is 8.03. The molecule has 0 aliphatic heterocycles. The summed E-state index contributed by atoms with van der Waals surface area (Å²) < 4.78 is 13.5. The van der Waals surface area contributed by atoms with Crippen LogP contribution in [-0.2, 0) is 29.0 Å². The van der Waals surface area contributed by atoms with Crippen molar-refractivity contribution >= 4 is 23.4 Å². The average molecular weight is 483 g/mol. The molecule has 1 atom stereocenters. The Hall–Kier alpha value is -3.22. The summed E-state index contributed by atoms with van der Waals surface area (Å²) in [5, 5.41) is 12.5. The van der Waals surface area contributed by atoms with Crippen molar-refractivity contribution in [1.82, 2.24) is 10.2 Å². The van der Waals surface area contributed by atoms with Gasteiger partial charge in [0.25, 0.3) is 0 Å². The predicted octanol–water partition coefficient (Wildman–Crippen LogP) is 4.16. The normalized spacial score (nSPS) is 11.6. The van der Waals surface area contributed by atoms with Crippen LogP contribution in [0.25, 0.3) is 0 Å². The third-order valence-corrected chi connectivity index (χ3v) is 5.69. The van der Waals surface area contributed by atoms with Crippen molar-refractivity contribution in [2.45, 2.75) is 31.8 Å². The summed E-state index contributed by atoms with van der Waals surface area (Å²) in [6, 6.07) is 21.6. The molecule has 0 saturated heterocycles. The van der Waals surface area contributed by atoms with Crippen LogP contribution < -0.4 is 5.32 Å². The van der Waals surface area contributed by atoms with Gasteiger partial charge in [0.15, 0.2) is 0 Å². The standard InChI is InChI=1S/C27H28ClFN2O3/c28-23-11-7-21(8-12-23)18-26(33)31(19-22-9-13-24(29)14-10-22)25(27(34)30-15-4-16-32)17-20-5-2-1-3-6-20/h1-3,5-14,25,32H,4,15-19H2,(H,30,34)/t25-/m0/s1. The monoisotopic (exact) mass is 482 g/mol. The third-order valence-electron chi connectivity index (χ3n) is 5.44. The van der Waals surface area contributed by atoms with Crippen LogP contribution in [0.1, 0.15) is 23.1 Å². The second kappa shape index (κ2) is 12.9. The van der Waals surface area contributed by atoms with Crippen molar-refractivity contribution in [3.8, 4) is 0 Å². The fourth-order valence-corrected chi connectivity index (χ4v) is 3.75. The SMILES string of the molecule is O=C(NCCCO)[C@H](Cc1ccccc1)N(Cc1ccc(F)cc1)C(=O)Cc1ccc(Cl)cc1. The highest BCUT2D eigenvalue weighted by Crippen LogP contribution is 2.18. The van der Waals surface area contributed by atoms with Gasteiger partial charge in [0, 0.05) is 31.1 Å². The minimum atomic E-state index is -0.786. The number of hydrogen-bond donors (Lipinski definition) is 2. The van der Waals surface area contributed by atoms with Crippen LogP contribution in [0.2, 0.25) is 5.02 Å². The maximum atomic E-state index is 13.5. The highest BCUT2D eigenvalue weighted by molar-refractivity contribution is 6.30. The zero-order valence-corrected chi connectivity index (χ0v) is 19.5. The molecule has 0 radical (unpaired) electrons. The van der Waals surface area contributed by atoms with Crippen molar-refractivity contribution in [2.75, 3.05) is 13.2 Å². The van der Waals surface area contributed by atoms with Gasteiger partial charge >= 0.3 is 0 Å². The maximum Gasteiger partial charge on any atom is 0.243 e. The first-order valence-corrected chi connectivity index (χ1v) is 11.5. The van der Waals surface area contributed by atoms with Crippen LogP contribution >= 0.6 is 11.6 Å². The van der Waals surface area contributed by atoms with Crippen molar-refractivity contribution in [1.29, 1.82) is 0 Å². The molecular weight excluding hydrogens is 455 g/mol. The Bertz CT molecular complexity index is 1060. The van der Waals surface area contributed by atoms with E-state index in [1.807, 2.05) is 30.3 Å². The Balaban J connectivity index is 1.92. The lowest BCUT2D eigenvalue weighted by Crippen LogP contribution is -2.51. The summed E-state index contributed by atoms with van der Waals surface area (Å²) in [5.74, 6) is -0.904. The number of benzene rings is 3. The summed E-state index contributed by atoms with van der Waals surface area (Å²) in [7, 11) is 0. The molecule has 2 amide bonds. The third kappa shape index (κ3) is 7.68. The number of carbonyl (C=O) groups is 2. The van der Waals surface area contributed by atoms with E-state index in [9.17, 15) is 14.0 Å². The molecule has 3 aromatic rings. The van der Waals surface area contributed by atoms with Gasteiger partial charge < -0.3 is 15.3 Å². The van der Waals surface area contributed by atoms with Crippen LogP contribution in [0.3, 0.4) is 0 Å². The van der Waals surface area contributed by atoms with Crippen molar-refractivity contribution in [2.24, 2.45) is 0 Å². The first kappa shape index (κ1) is 25.4. The molecule has 0 fully saturated rings. The number of hydrogen-bond acceptors (Lipinski definition) is 3. The topological polar surface area (TPSA) is 69.6 Å². The predicted molar refractivity (Wildman–Crippen MR) is 131 cm³/mol. The lowest BCUT2D eigenvalue weighted by molar-refractivity contribution is -0.140. The van der Waals surface area contributed by atoms with Crippen molar-refractivity contribution < 1.29 is 19.1 Å². The van der Waals surface area contributed by atoms with E-state index in [0.29, 0.717) is 30.0 Å². The Labute approximate surface area is 204 Å². The van der Waals surface area contributed by atoms with Crippen LogP contribution in [0.15, 0.2) is 78.9 Å². The van der Waals surface area contributed by atoms with E-state index in [0.717, 1.165) is 11.1 Å². The van der Waals surface area contributed by atoms with E-state index in [-0.39, 0.29) is 37.2 Å². The zero-order chi connectivity index (χ0) is 24.3. The molecule has 2 N–H and O–H groups in total. The molecule has 0 aromatic heterocycles. The molecule has 34 heavy (non-hydrogen) atoms. The van der Waals surface area contributed by atoms with Crippen LogP contribution in [0.5, 0.6) is 0 Å². The van der Waals surface area contributed by atoms with Gasteiger partial charge in [0.2, 0.25) is 11.8 Å². The van der Waals surface area contributed by atoms with Crippen LogP contribution in [0.4, 0.5) is 4.39 Å². The smallest absolute Gasteiger partial charge is 0.243 e. The van der Waals surface area contributed by atoms with Gasteiger partial charge in [0.1, 0.15) is 11.9 Å². The second-order valence-corrected chi connectivity index (χ2v) is 8.46. The number of nitrogens with zero attached hydrogens (tertiary/aromatic N) is 1. The van der Waals surface area contributed by atoms with Crippen LogP contribution in [0, 0.1) is 5.82 Å². The fourth-order valence-electron chi connectivity index (χ4n) is 3.63. The highest BCUT2D eigenvalue weighted by atomic mass is 35.5. The van der Waals surface area contributed by atoms with Gasteiger partial charge in [-0.05, 0) is 47.4 Å². The van der Waals surface area contributed by atoms with E-state index in [1.54, 1.807) is 41.3 Å². The molecule has 0 aliphatic carbocycles. The molecule has 0 unspecified atom stereocenters. The number of nitrogens with one attached hydrogen (secondary N) is 1. The lowest BCUT2D eigenvalue weighted by Gasteiger charge is -2.31. The Morgan fingerprint density at radius 3 is 2.21 bits per heavy atom. The van der Waals surface area contributed by atoms with Crippen molar-refractivity contribution in [3.63, 3.8) is 0 Å². The average Bonchev–Trinajstić information content (AvgIpc) is 2.84. The number of carbonyl (C=O) groups excluding carboxylic acids is 2. The Morgan fingerprint density at radius 1 is 0.912 bits per heavy atom. The number of amides is 2. The molecule has 178 valence electrons. The molecule has 0 bridgehead atoms. The van der Waals surface area contributed by atoms with E-state index in [4.69, 9.17) is 16.7 Å². The van der Waals surface area contributed by atoms with Crippen LogP contribution in [-0.4, -0.2) is 41.0 Å². The Morgan fingerprint density at radius 2 is 1.56 bits per heavy atom. The molecule has 7 heteroatoms. The van der Waals surface area contributed by atoms with Gasteiger partial charge in [0.05, 0.1) is 6.42 Å². The Kier molecular flexibility index (Phi) is 9.62. The molecule has 0 saturated carbocycles. The number of aliphatic hydroxyl groups is 1. The van der Waals surface area contributed by atoms with Gasteiger partial charge in [-0.25, -0.2) is 4.39 Å². The molecule has 3 rings (SSSR count). The van der Waals surface area contributed by atoms with Gasteiger partial charge in [-0.3, -0.25) is 9.59 Å². The van der Waals surface area contributed by atoms with E-state index >= 15 is 0 Å². The van der Waals surface area contributed by atoms with E-state index in [1.165, 1.54) is 12.1 Å². The van der Waals surface area contributed by atoms with Gasteiger partial charge in [-0.2, -0.15) is 0 Å². The summed E-state index contributed by atoms with van der Waals surface area (Å²) in [6.07, 6.45) is 0.827. The molecule has 0 spiro atoms. The summed E-state index contributed by atoms with van der Waals surface area (Å²) >= 11 is 5.98. The summed E-state index contributed by atoms with van der Waals surface area (Å²) in [6.45, 7) is 0.409. The number of rotatable bonds is 11. The minimum absolute atomic E-state index is 0.0432.